The predicted molar refractivity (Wildman–Crippen MR) is 142 cm³/mol. The predicted octanol–water partition coefficient (Wildman–Crippen LogP) is 5.81. The first-order chi connectivity index (χ1) is 17.4. The van der Waals surface area contributed by atoms with Crippen molar-refractivity contribution in [3.63, 3.8) is 0 Å². The molecule has 0 spiro atoms. The molecule has 0 aliphatic rings. The molecule has 0 unspecified atom stereocenters. The number of ether oxygens (including phenoxy) is 2. The van der Waals surface area contributed by atoms with Crippen molar-refractivity contribution in [1.29, 1.82) is 0 Å². The third kappa shape index (κ3) is 27.6. The normalized spacial score (nSPS) is 12.4. The van der Waals surface area contributed by atoms with Gasteiger partial charge in [0.05, 0.1) is 13.2 Å². The Bertz CT molecular complexity index is 558. The maximum atomic E-state index is 12.2. The summed E-state index contributed by atoms with van der Waals surface area (Å²) >= 11 is 0. The Labute approximate surface area is 218 Å². The Morgan fingerprint density at radius 2 is 1.36 bits per heavy atom. The summed E-state index contributed by atoms with van der Waals surface area (Å²) in [5.74, 6) is -0.353. The van der Waals surface area contributed by atoms with Crippen LogP contribution in [0.5, 0.6) is 0 Å². The fourth-order valence-corrected chi connectivity index (χ4v) is 4.31. The molecule has 0 heterocycles. The van der Waals surface area contributed by atoms with Crippen molar-refractivity contribution in [2.45, 2.75) is 129 Å². The standard InChI is InChI=1S/C26H52NO8P/c1-2-3-4-5-6-7-8-10-13-16-19-26(29)35-25(23-34-36(30,31)32)22-27-20-17-14-11-9-12-15-18-21-33-24-28/h24-25,27H,2-23H2,1H3,(H2,30,31,32)/t25-/m0/s1. The molecule has 0 radical (unpaired) electrons. The lowest BCUT2D eigenvalue weighted by Gasteiger charge is -2.19. The SMILES string of the molecule is CCCCCCCCCCCCC(=O)O[C@@H](CNCCCCCCCCCOC=O)COP(=O)(O)O. The van der Waals surface area contributed by atoms with Gasteiger partial charge in [-0.05, 0) is 25.8 Å². The highest BCUT2D eigenvalue weighted by atomic mass is 31.2. The summed E-state index contributed by atoms with van der Waals surface area (Å²) in [6.07, 6.45) is 18.7. The van der Waals surface area contributed by atoms with E-state index < -0.39 is 13.9 Å². The highest BCUT2D eigenvalue weighted by molar-refractivity contribution is 7.46. The molecule has 0 aliphatic heterocycles. The Morgan fingerprint density at radius 3 is 1.92 bits per heavy atom. The van der Waals surface area contributed by atoms with Crippen molar-refractivity contribution in [3.05, 3.63) is 0 Å². The molecule has 214 valence electrons. The van der Waals surface area contributed by atoms with Gasteiger partial charge in [0.25, 0.3) is 6.47 Å². The van der Waals surface area contributed by atoms with Crippen LogP contribution in [0, 0.1) is 0 Å². The van der Waals surface area contributed by atoms with E-state index in [9.17, 15) is 14.2 Å². The second-order valence-electron chi connectivity index (χ2n) is 9.48. The minimum Gasteiger partial charge on any atom is -0.468 e. The van der Waals surface area contributed by atoms with Crippen molar-refractivity contribution in [2.75, 3.05) is 26.3 Å². The Balaban J connectivity index is 3.91. The number of rotatable bonds is 28. The van der Waals surface area contributed by atoms with Gasteiger partial charge in [-0.15, -0.1) is 0 Å². The molecule has 0 aromatic rings. The van der Waals surface area contributed by atoms with Gasteiger partial charge in [0.1, 0.15) is 6.10 Å². The molecule has 1 atom stereocenters. The van der Waals surface area contributed by atoms with Gasteiger partial charge in [-0.1, -0.05) is 96.8 Å². The lowest BCUT2D eigenvalue weighted by molar-refractivity contribution is -0.150. The van der Waals surface area contributed by atoms with Crippen molar-refractivity contribution >= 4 is 20.3 Å². The molecule has 0 amide bonds. The summed E-state index contributed by atoms with van der Waals surface area (Å²) in [5.41, 5.74) is 0. The maximum Gasteiger partial charge on any atom is 0.469 e. The van der Waals surface area contributed by atoms with Crippen LogP contribution in [-0.4, -0.2) is 54.6 Å². The second kappa shape index (κ2) is 25.7. The van der Waals surface area contributed by atoms with E-state index in [0.29, 0.717) is 26.0 Å². The molecule has 0 aromatic heterocycles. The molecule has 0 fully saturated rings. The van der Waals surface area contributed by atoms with Crippen LogP contribution in [-0.2, 0) is 28.2 Å². The summed E-state index contributed by atoms with van der Waals surface area (Å²) in [6, 6.07) is 0. The number of nitrogens with one attached hydrogen (secondary N) is 1. The zero-order chi connectivity index (χ0) is 26.7. The molecule has 3 N–H and O–H groups in total. The van der Waals surface area contributed by atoms with Gasteiger partial charge >= 0.3 is 13.8 Å². The third-order valence-electron chi connectivity index (χ3n) is 6.02. The fraction of sp³-hybridized carbons (Fsp3) is 0.923. The molecule has 10 heteroatoms. The topological polar surface area (TPSA) is 131 Å². The molecule has 0 saturated carbocycles. The Hall–Kier alpha value is -0.990. The number of phosphoric acid groups is 1. The molecule has 0 saturated heterocycles. The number of unbranched alkanes of at least 4 members (excludes halogenated alkanes) is 15. The Kier molecular flexibility index (Phi) is 24.9. The highest BCUT2D eigenvalue weighted by Gasteiger charge is 2.21. The Morgan fingerprint density at radius 1 is 0.833 bits per heavy atom. The quantitative estimate of drug-likeness (QED) is 0.0489. The average molecular weight is 538 g/mol. The largest absolute Gasteiger partial charge is 0.469 e. The van der Waals surface area contributed by atoms with E-state index in [-0.39, 0.29) is 12.6 Å². The first-order valence-electron chi connectivity index (χ1n) is 14.0. The molecular formula is C26H52NO8P. The van der Waals surface area contributed by atoms with Crippen molar-refractivity contribution in [2.24, 2.45) is 0 Å². The number of phosphoric ester groups is 1. The van der Waals surface area contributed by atoms with Crippen molar-refractivity contribution in [1.82, 2.24) is 5.32 Å². The van der Waals surface area contributed by atoms with Gasteiger partial charge in [0.2, 0.25) is 0 Å². The van der Waals surface area contributed by atoms with E-state index in [1.807, 2.05) is 0 Å². The zero-order valence-electron chi connectivity index (χ0n) is 22.5. The lowest BCUT2D eigenvalue weighted by atomic mass is 10.1. The third-order valence-corrected chi connectivity index (χ3v) is 6.50. The van der Waals surface area contributed by atoms with Gasteiger partial charge in [-0.25, -0.2) is 4.57 Å². The summed E-state index contributed by atoms with van der Waals surface area (Å²) in [6.45, 7) is 3.88. The van der Waals surface area contributed by atoms with Crippen LogP contribution in [0.25, 0.3) is 0 Å². The van der Waals surface area contributed by atoms with Gasteiger partial charge < -0.3 is 24.6 Å². The number of hydrogen-bond donors (Lipinski definition) is 3. The molecule has 0 rings (SSSR count). The first-order valence-corrected chi connectivity index (χ1v) is 15.6. The van der Waals surface area contributed by atoms with E-state index in [1.54, 1.807) is 0 Å². The molecule has 0 bridgehead atoms. The van der Waals surface area contributed by atoms with Gasteiger partial charge in [-0.2, -0.15) is 0 Å². The number of hydrogen-bond acceptors (Lipinski definition) is 7. The average Bonchev–Trinajstić information content (AvgIpc) is 2.83. The summed E-state index contributed by atoms with van der Waals surface area (Å²) in [4.78, 5) is 40.2. The van der Waals surface area contributed by atoms with Gasteiger partial charge in [0, 0.05) is 13.0 Å². The van der Waals surface area contributed by atoms with E-state index in [0.717, 1.165) is 70.8 Å². The first kappa shape index (κ1) is 35.0. The summed E-state index contributed by atoms with van der Waals surface area (Å²) in [7, 11) is -4.62. The molecule has 9 nitrogen and oxygen atoms in total. The highest BCUT2D eigenvalue weighted by Crippen LogP contribution is 2.35. The van der Waals surface area contributed by atoms with E-state index >= 15 is 0 Å². The number of carbonyl (C=O) groups is 2. The number of esters is 1. The zero-order valence-corrected chi connectivity index (χ0v) is 23.4. The van der Waals surface area contributed by atoms with E-state index in [1.165, 1.54) is 44.9 Å². The molecule has 0 aliphatic carbocycles. The van der Waals surface area contributed by atoms with Crippen LogP contribution in [0.1, 0.15) is 122 Å². The second-order valence-corrected chi connectivity index (χ2v) is 10.7. The molecule has 0 aromatic carbocycles. The van der Waals surface area contributed by atoms with Crippen LogP contribution < -0.4 is 5.32 Å². The van der Waals surface area contributed by atoms with E-state index in [4.69, 9.17) is 14.5 Å². The summed E-state index contributed by atoms with van der Waals surface area (Å²) < 4.78 is 25.7. The van der Waals surface area contributed by atoms with Gasteiger partial charge in [-0.3, -0.25) is 14.1 Å². The van der Waals surface area contributed by atoms with Crippen LogP contribution in [0.15, 0.2) is 0 Å². The fourth-order valence-electron chi connectivity index (χ4n) is 3.95. The van der Waals surface area contributed by atoms with Crippen LogP contribution in [0.4, 0.5) is 0 Å². The monoisotopic (exact) mass is 537 g/mol. The smallest absolute Gasteiger partial charge is 0.468 e. The minimum absolute atomic E-state index is 0.292. The van der Waals surface area contributed by atoms with Crippen molar-refractivity contribution in [3.8, 4) is 0 Å². The van der Waals surface area contributed by atoms with E-state index in [2.05, 4.69) is 21.5 Å². The lowest BCUT2D eigenvalue weighted by Crippen LogP contribution is -2.35. The summed E-state index contributed by atoms with van der Waals surface area (Å²) in [5, 5.41) is 3.20. The van der Waals surface area contributed by atoms with Crippen LogP contribution in [0.3, 0.4) is 0 Å². The van der Waals surface area contributed by atoms with Crippen molar-refractivity contribution < 1.29 is 37.9 Å². The molecule has 36 heavy (non-hydrogen) atoms. The molecular weight excluding hydrogens is 485 g/mol. The maximum absolute atomic E-state index is 12.2. The van der Waals surface area contributed by atoms with Crippen LogP contribution >= 0.6 is 7.82 Å². The number of carbonyl (C=O) groups excluding carboxylic acids is 2. The minimum atomic E-state index is -4.62. The van der Waals surface area contributed by atoms with Crippen LogP contribution in [0.2, 0.25) is 0 Å². The van der Waals surface area contributed by atoms with Gasteiger partial charge in [0.15, 0.2) is 0 Å².